The lowest BCUT2D eigenvalue weighted by Gasteiger charge is -2.08. The van der Waals surface area contributed by atoms with Gasteiger partial charge in [-0.15, -0.1) is 11.3 Å². The maximum Gasteiger partial charge on any atom is 0.282 e. The van der Waals surface area contributed by atoms with Gasteiger partial charge in [0.25, 0.3) is 11.6 Å². The highest BCUT2D eigenvalue weighted by Gasteiger charge is 2.36. The number of aromatic nitrogens is 1. The van der Waals surface area contributed by atoms with E-state index in [4.69, 9.17) is 0 Å². The molecule has 0 radical (unpaired) electrons. The number of rotatable bonds is 5. The van der Waals surface area contributed by atoms with E-state index < -0.39 is 11.0 Å². The highest BCUT2D eigenvalue weighted by atomic mass is 79.9. The number of benzene rings is 2. The molecule has 9 nitrogen and oxygen atoms in total. The van der Waals surface area contributed by atoms with Gasteiger partial charge in [-0.1, -0.05) is 24.3 Å². The number of amides is 1. The standard InChI is InChI=1S/C19H13BrN6O3S/c1-11-17(23-22-15-8-3-2-7-14(15)20)18(27)25(24-11)19-21-16(10-30-19)12-5-4-6-13(9-12)26(28)29/h2-10,17H,1H3. The minimum Gasteiger partial charge on any atom is -0.269 e. The van der Waals surface area contributed by atoms with E-state index in [0.717, 1.165) is 4.47 Å². The molecule has 4 rings (SSSR count). The van der Waals surface area contributed by atoms with E-state index in [1.807, 2.05) is 18.2 Å². The second-order valence-corrected chi connectivity index (χ2v) is 7.97. The molecule has 0 fully saturated rings. The molecule has 1 amide bonds. The number of non-ortho nitro benzene ring substituents is 1. The van der Waals surface area contributed by atoms with Crippen LogP contribution in [0, 0.1) is 10.1 Å². The van der Waals surface area contributed by atoms with Crippen molar-refractivity contribution in [2.45, 2.75) is 13.0 Å². The highest BCUT2D eigenvalue weighted by molar-refractivity contribution is 9.10. The molecule has 2 heterocycles. The fourth-order valence-corrected chi connectivity index (χ4v) is 3.90. The zero-order chi connectivity index (χ0) is 21.3. The Kier molecular flexibility index (Phi) is 5.46. The molecule has 0 spiro atoms. The predicted octanol–water partition coefficient (Wildman–Crippen LogP) is 5.36. The van der Waals surface area contributed by atoms with Crippen molar-refractivity contribution in [1.82, 2.24) is 4.98 Å². The van der Waals surface area contributed by atoms with Gasteiger partial charge in [0.05, 0.1) is 22.0 Å². The van der Waals surface area contributed by atoms with Crippen molar-refractivity contribution >= 4 is 55.4 Å². The molecular weight excluding hydrogens is 472 g/mol. The predicted molar refractivity (Wildman–Crippen MR) is 117 cm³/mol. The van der Waals surface area contributed by atoms with Crippen molar-refractivity contribution in [2.75, 3.05) is 5.01 Å². The van der Waals surface area contributed by atoms with Gasteiger partial charge < -0.3 is 0 Å². The van der Waals surface area contributed by atoms with Crippen LogP contribution >= 0.6 is 27.3 Å². The lowest BCUT2D eigenvalue weighted by molar-refractivity contribution is -0.384. The van der Waals surface area contributed by atoms with Crippen LogP contribution in [0.4, 0.5) is 16.5 Å². The number of anilines is 1. The number of nitro groups is 1. The van der Waals surface area contributed by atoms with Crippen LogP contribution in [-0.4, -0.2) is 27.6 Å². The van der Waals surface area contributed by atoms with Crippen molar-refractivity contribution in [2.24, 2.45) is 15.3 Å². The molecule has 1 aliphatic heterocycles. The van der Waals surface area contributed by atoms with Crippen LogP contribution in [0.2, 0.25) is 0 Å². The number of halogens is 1. The molecule has 3 aromatic rings. The highest BCUT2D eigenvalue weighted by Crippen LogP contribution is 2.32. The Morgan fingerprint density at radius 3 is 2.80 bits per heavy atom. The number of carbonyl (C=O) groups is 1. The van der Waals surface area contributed by atoms with Crippen molar-refractivity contribution < 1.29 is 9.72 Å². The van der Waals surface area contributed by atoms with Gasteiger partial charge >= 0.3 is 0 Å². The lowest BCUT2D eigenvalue weighted by atomic mass is 10.1. The van der Waals surface area contributed by atoms with E-state index in [9.17, 15) is 14.9 Å². The van der Waals surface area contributed by atoms with E-state index in [0.29, 0.717) is 27.8 Å². The normalized spacial score (nSPS) is 16.3. The Balaban J connectivity index is 1.56. The molecule has 0 aliphatic carbocycles. The first-order chi connectivity index (χ1) is 14.4. The Hall–Kier alpha value is -3.31. The van der Waals surface area contributed by atoms with Crippen LogP contribution in [0.15, 0.2) is 73.7 Å². The minimum absolute atomic E-state index is 0.0271. The number of nitro benzene ring substituents is 1. The Morgan fingerprint density at radius 1 is 1.23 bits per heavy atom. The summed E-state index contributed by atoms with van der Waals surface area (Å²) < 4.78 is 0.771. The van der Waals surface area contributed by atoms with Crippen molar-refractivity contribution in [3.8, 4) is 11.3 Å². The summed E-state index contributed by atoms with van der Waals surface area (Å²) >= 11 is 4.61. The smallest absolute Gasteiger partial charge is 0.269 e. The van der Waals surface area contributed by atoms with Crippen LogP contribution in [0.25, 0.3) is 11.3 Å². The third-order valence-electron chi connectivity index (χ3n) is 4.26. The molecule has 11 heteroatoms. The van der Waals surface area contributed by atoms with Gasteiger partial charge in [-0.25, -0.2) is 4.98 Å². The molecule has 0 N–H and O–H groups in total. The molecule has 0 saturated heterocycles. The summed E-state index contributed by atoms with van der Waals surface area (Å²) in [5.41, 5.74) is 2.20. The molecule has 1 unspecified atom stereocenters. The van der Waals surface area contributed by atoms with Gasteiger partial charge in [0, 0.05) is 27.5 Å². The quantitative estimate of drug-likeness (QED) is 0.275. The largest absolute Gasteiger partial charge is 0.282 e. The van der Waals surface area contributed by atoms with Gasteiger partial charge in [-0.3, -0.25) is 14.9 Å². The molecule has 0 saturated carbocycles. The number of hydrazone groups is 1. The molecule has 2 aromatic carbocycles. The molecule has 1 aliphatic rings. The second-order valence-electron chi connectivity index (χ2n) is 6.28. The topological polar surface area (TPSA) is 113 Å². The summed E-state index contributed by atoms with van der Waals surface area (Å²) in [5.74, 6) is -0.358. The molecule has 150 valence electrons. The summed E-state index contributed by atoms with van der Waals surface area (Å²) in [5, 5.41) is 26.9. The van der Waals surface area contributed by atoms with Crippen molar-refractivity contribution in [1.29, 1.82) is 0 Å². The average molecular weight is 485 g/mol. The second kappa shape index (κ2) is 8.20. The average Bonchev–Trinajstić information content (AvgIpc) is 3.33. The Bertz CT molecular complexity index is 1210. The zero-order valence-electron chi connectivity index (χ0n) is 15.5. The minimum atomic E-state index is -0.831. The number of hydrogen-bond acceptors (Lipinski definition) is 8. The third kappa shape index (κ3) is 3.89. The summed E-state index contributed by atoms with van der Waals surface area (Å²) in [6.07, 6.45) is 0. The summed E-state index contributed by atoms with van der Waals surface area (Å²) in [4.78, 5) is 27.8. The maximum absolute atomic E-state index is 12.8. The first kappa shape index (κ1) is 20.0. The zero-order valence-corrected chi connectivity index (χ0v) is 17.9. The number of thiazole rings is 1. The van der Waals surface area contributed by atoms with E-state index >= 15 is 0 Å². The SMILES string of the molecule is CC1=NN(c2nc(-c3cccc([N+](=O)[O-])c3)cs2)C(=O)C1N=Nc1ccccc1Br. The van der Waals surface area contributed by atoms with E-state index in [1.165, 1.54) is 28.5 Å². The fraction of sp³-hybridized carbons (Fsp3) is 0.105. The van der Waals surface area contributed by atoms with Gasteiger partial charge in [-0.05, 0) is 35.0 Å². The maximum atomic E-state index is 12.8. The van der Waals surface area contributed by atoms with Crippen LogP contribution in [0.3, 0.4) is 0 Å². The van der Waals surface area contributed by atoms with Crippen molar-refractivity contribution in [3.05, 3.63) is 68.5 Å². The molecule has 1 aromatic heterocycles. The lowest BCUT2D eigenvalue weighted by Crippen LogP contribution is -2.29. The number of hydrogen-bond donors (Lipinski definition) is 0. The molecule has 1 atom stereocenters. The first-order valence-electron chi connectivity index (χ1n) is 8.69. The van der Waals surface area contributed by atoms with Gasteiger partial charge in [-0.2, -0.15) is 20.3 Å². The van der Waals surface area contributed by atoms with E-state index in [-0.39, 0.29) is 11.6 Å². The van der Waals surface area contributed by atoms with Crippen LogP contribution in [0.5, 0.6) is 0 Å². The monoisotopic (exact) mass is 484 g/mol. The fourth-order valence-electron chi connectivity index (χ4n) is 2.75. The van der Waals surface area contributed by atoms with Gasteiger partial charge in [0.1, 0.15) is 0 Å². The molecule has 30 heavy (non-hydrogen) atoms. The van der Waals surface area contributed by atoms with Crippen LogP contribution < -0.4 is 5.01 Å². The van der Waals surface area contributed by atoms with E-state index in [2.05, 4.69) is 36.2 Å². The summed E-state index contributed by atoms with van der Waals surface area (Å²) in [7, 11) is 0. The van der Waals surface area contributed by atoms with Crippen molar-refractivity contribution in [3.63, 3.8) is 0 Å². The Labute approximate surface area is 183 Å². The molecular formula is C19H13BrN6O3S. The van der Waals surface area contributed by atoms with Gasteiger partial charge in [0.15, 0.2) is 6.04 Å². The summed E-state index contributed by atoms with van der Waals surface area (Å²) in [6.45, 7) is 1.71. The van der Waals surface area contributed by atoms with Gasteiger partial charge in [0.2, 0.25) is 5.13 Å². The van der Waals surface area contributed by atoms with Crippen LogP contribution in [-0.2, 0) is 4.79 Å². The first-order valence-corrected chi connectivity index (χ1v) is 10.4. The van der Waals surface area contributed by atoms with Crippen LogP contribution in [0.1, 0.15) is 6.92 Å². The number of azo groups is 1. The third-order valence-corrected chi connectivity index (χ3v) is 5.74. The summed E-state index contributed by atoms with van der Waals surface area (Å²) in [6, 6.07) is 12.6. The number of nitrogens with zero attached hydrogens (tertiary/aromatic N) is 6. The van der Waals surface area contributed by atoms with E-state index in [1.54, 1.807) is 30.5 Å². The molecule has 0 bridgehead atoms. The Morgan fingerprint density at radius 2 is 2.03 bits per heavy atom. The number of carbonyl (C=O) groups excluding carboxylic acids is 1.